The summed E-state index contributed by atoms with van der Waals surface area (Å²) in [5, 5.41) is 15.2. The number of guanidine groups is 1. The fourth-order valence-corrected chi connectivity index (χ4v) is 3.32. The van der Waals surface area contributed by atoms with Crippen molar-refractivity contribution in [1.29, 1.82) is 0 Å². The van der Waals surface area contributed by atoms with Crippen molar-refractivity contribution in [1.82, 2.24) is 30.1 Å². The zero-order valence-corrected chi connectivity index (χ0v) is 19.3. The predicted molar refractivity (Wildman–Crippen MR) is 123 cm³/mol. The van der Waals surface area contributed by atoms with Gasteiger partial charge in [0.25, 0.3) is 0 Å². The number of hydrogen-bond acceptors (Lipinski definition) is 5. The van der Waals surface area contributed by atoms with Crippen LogP contribution in [0.2, 0.25) is 0 Å². The minimum atomic E-state index is -0.218. The van der Waals surface area contributed by atoms with E-state index >= 15 is 0 Å². The van der Waals surface area contributed by atoms with Gasteiger partial charge in [-0.25, -0.2) is 4.79 Å². The third-order valence-corrected chi connectivity index (χ3v) is 4.84. The van der Waals surface area contributed by atoms with Gasteiger partial charge in [0.15, 0.2) is 11.6 Å². The highest BCUT2D eigenvalue weighted by Gasteiger charge is 2.23. The molecule has 3 heterocycles. The molecule has 2 N–H and O–H groups in total. The van der Waals surface area contributed by atoms with Gasteiger partial charge in [0.1, 0.15) is 5.82 Å². The molecule has 1 fully saturated rings. The fourth-order valence-electron chi connectivity index (χ4n) is 3.32. The van der Waals surface area contributed by atoms with Gasteiger partial charge in [-0.05, 0) is 38.3 Å². The number of halogens is 1. The summed E-state index contributed by atoms with van der Waals surface area (Å²) in [6, 6.07) is 6.20. The molecule has 29 heavy (non-hydrogen) atoms. The largest absolute Gasteiger partial charge is 0.450 e. The Labute approximate surface area is 188 Å². The van der Waals surface area contributed by atoms with Crippen LogP contribution < -0.4 is 10.6 Å². The number of aromatic nitrogens is 3. The van der Waals surface area contributed by atoms with Crippen molar-refractivity contribution in [3.63, 3.8) is 0 Å². The number of aryl methyl sites for hydroxylation is 1. The van der Waals surface area contributed by atoms with E-state index in [1.807, 2.05) is 35.7 Å². The smallest absolute Gasteiger partial charge is 0.409 e. The second kappa shape index (κ2) is 11.8. The summed E-state index contributed by atoms with van der Waals surface area (Å²) in [4.78, 5) is 17.8. The van der Waals surface area contributed by atoms with E-state index in [1.54, 1.807) is 11.9 Å². The van der Waals surface area contributed by atoms with E-state index in [9.17, 15) is 4.79 Å². The second-order valence-corrected chi connectivity index (χ2v) is 6.75. The van der Waals surface area contributed by atoms with Crippen molar-refractivity contribution in [3.05, 3.63) is 30.2 Å². The lowest BCUT2D eigenvalue weighted by Crippen LogP contribution is -2.50. The van der Waals surface area contributed by atoms with Crippen LogP contribution in [0.5, 0.6) is 0 Å². The van der Waals surface area contributed by atoms with E-state index in [2.05, 4.69) is 25.8 Å². The van der Waals surface area contributed by atoms with Crippen LogP contribution in [0.3, 0.4) is 0 Å². The Morgan fingerprint density at radius 1 is 1.31 bits per heavy atom. The Balaban J connectivity index is 0.00000300. The molecule has 0 aliphatic carbocycles. The van der Waals surface area contributed by atoms with E-state index in [0.717, 1.165) is 49.7 Å². The number of rotatable bonds is 6. The minimum absolute atomic E-state index is 0. The number of ether oxygens (including phenoxy) is 1. The van der Waals surface area contributed by atoms with Crippen LogP contribution in [-0.4, -0.2) is 70.9 Å². The maximum absolute atomic E-state index is 11.8. The van der Waals surface area contributed by atoms with Crippen molar-refractivity contribution in [2.24, 2.45) is 4.99 Å². The highest BCUT2D eigenvalue weighted by molar-refractivity contribution is 14.0. The molecule has 0 radical (unpaired) electrons. The summed E-state index contributed by atoms with van der Waals surface area (Å²) in [6.07, 6.45) is 5.30. The third-order valence-electron chi connectivity index (χ3n) is 4.84. The topological polar surface area (TPSA) is 96.1 Å². The predicted octanol–water partition coefficient (Wildman–Crippen LogP) is 2.07. The first-order valence-corrected chi connectivity index (χ1v) is 9.88. The van der Waals surface area contributed by atoms with Crippen LogP contribution in [0.4, 0.5) is 4.79 Å². The van der Waals surface area contributed by atoms with Crippen molar-refractivity contribution in [2.75, 3.05) is 33.3 Å². The number of fused-ring (bicyclic) bond motifs is 1. The van der Waals surface area contributed by atoms with Crippen LogP contribution in [0.15, 0.2) is 29.4 Å². The Morgan fingerprint density at radius 2 is 2.10 bits per heavy atom. The van der Waals surface area contributed by atoms with E-state index in [1.165, 1.54) is 0 Å². The van der Waals surface area contributed by atoms with Crippen LogP contribution >= 0.6 is 24.0 Å². The number of nitrogens with one attached hydrogen (secondary N) is 2. The number of carbonyl (C=O) groups is 1. The van der Waals surface area contributed by atoms with Crippen LogP contribution in [0, 0.1) is 0 Å². The quantitative estimate of drug-likeness (QED) is 0.265. The summed E-state index contributed by atoms with van der Waals surface area (Å²) in [6.45, 7) is 4.44. The van der Waals surface area contributed by atoms with Crippen molar-refractivity contribution in [3.8, 4) is 0 Å². The normalized spacial score (nSPS) is 15.1. The van der Waals surface area contributed by atoms with Gasteiger partial charge in [0.2, 0.25) is 0 Å². The fraction of sp³-hybridized carbons (Fsp3) is 0.579. The summed E-state index contributed by atoms with van der Waals surface area (Å²) in [5.74, 6) is 1.76. The summed E-state index contributed by atoms with van der Waals surface area (Å²) in [5.41, 5.74) is 0.872. The number of aliphatic imine (C=N–C) groups is 1. The zero-order valence-electron chi connectivity index (χ0n) is 17.0. The first kappa shape index (κ1) is 23.2. The molecule has 0 saturated carbocycles. The lowest BCUT2D eigenvalue weighted by Gasteiger charge is -2.32. The molecule has 0 atom stereocenters. The van der Waals surface area contributed by atoms with Gasteiger partial charge in [0.05, 0.1) is 6.61 Å². The van der Waals surface area contributed by atoms with E-state index in [0.29, 0.717) is 25.7 Å². The Hall–Kier alpha value is -2.11. The van der Waals surface area contributed by atoms with Crippen molar-refractivity contribution < 1.29 is 9.53 Å². The molecule has 10 heteroatoms. The third kappa shape index (κ3) is 6.44. The lowest BCUT2D eigenvalue weighted by atomic mass is 10.1. The molecule has 2 aromatic rings. The van der Waals surface area contributed by atoms with Crippen LogP contribution in [-0.2, 0) is 11.2 Å². The molecule has 1 aliphatic heterocycles. The molecule has 1 aliphatic rings. The average Bonchev–Trinajstić information content (AvgIpc) is 3.14. The maximum atomic E-state index is 11.8. The molecule has 0 spiro atoms. The molecular weight excluding hydrogens is 485 g/mol. The highest BCUT2D eigenvalue weighted by atomic mass is 127. The molecule has 9 nitrogen and oxygen atoms in total. The molecular formula is C19H30IN7O2. The molecule has 160 valence electrons. The Kier molecular flexibility index (Phi) is 9.42. The number of nitrogens with zero attached hydrogens (tertiary/aromatic N) is 5. The molecule has 3 rings (SSSR count). The summed E-state index contributed by atoms with van der Waals surface area (Å²) < 4.78 is 7.08. The molecule has 0 aromatic carbocycles. The van der Waals surface area contributed by atoms with Gasteiger partial charge in [-0.15, -0.1) is 34.2 Å². The number of carbonyl (C=O) groups excluding carboxylic acids is 1. The number of hydrogen-bond donors (Lipinski definition) is 2. The number of pyridine rings is 1. The standard InChI is InChI=1S/C19H29N7O2.HI/c1-3-28-19(27)25-13-9-15(10-14-25)22-18(20-2)21-11-6-8-17-24-23-16-7-4-5-12-26(16)17;/h4-5,7,12,15H,3,6,8-11,13-14H2,1-2H3,(H2,20,21,22);1H. The van der Waals surface area contributed by atoms with Gasteiger partial charge in [0, 0.05) is 45.3 Å². The molecule has 2 aromatic heterocycles. The average molecular weight is 515 g/mol. The van der Waals surface area contributed by atoms with E-state index in [4.69, 9.17) is 4.74 Å². The minimum Gasteiger partial charge on any atom is -0.450 e. The van der Waals surface area contributed by atoms with Gasteiger partial charge in [-0.1, -0.05) is 6.07 Å². The van der Waals surface area contributed by atoms with E-state index < -0.39 is 0 Å². The maximum Gasteiger partial charge on any atom is 0.409 e. The monoisotopic (exact) mass is 515 g/mol. The number of likely N-dealkylation sites (tertiary alicyclic amines) is 1. The van der Waals surface area contributed by atoms with Gasteiger partial charge in [-0.2, -0.15) is 0 Å². The van der Waals surface area contributed by atoms with Gasteiger partial charge >= 0.3 is 6.09 Å². The second-order valence-electron chi connectivity index (χ2n) is 6.75. The number of piperidine rings is 1. The summed E-state index contributed by atoms with van der Waals surface area (Å²) in [7, 11) is 1.77. The molecule has 0 bridgehead atoms. The van der Waals surface area contributed by atoms with Crippen molar-refractivity contribution in [2.45, 2.75) is 38.6 Å². The molecule has 0 unspecified atom stereocenters. The van der Waals surface area contributed by atoms with E-state index in [-0.39, 0.29) is 30.1 Å². The SMILES string of the molecule is CCOC(=O)N1CCC(NC(=NC)NCCCc2nnc3ccccn23)CC1.I. The first-order chi connectivity index (χ1) is 13.7. The van der Waals surface area contributed by atoms with Crippen LogP contribution in [0.1, 0.15) is 32.0 Å². The van der Waals surface area contributed by atoms with Gasteiger partial charge < -0.3 is 20.3 Å². The Bertz CT molecular complexity index is 803. The zero-order chi connectivity index (χ0) is 19.8. The van der Waals surface area contributed by atoms with Crippen LogP contribution in [0.25, 0.3) is 5.65 Å². The lowest BCUT2D eigenvalue weighted by molar-refractivity contribution is 0.0963. The summed E-state index contributed by atoms with van der Waals surface area (Å²) >= 11 is 0. The first-order valence-electron chi connectivity index (χ1n) is 9.88. The van der Waals surface area contributed by atoms with Gasteiger partial charge in [-0.3, -0.25) is 9.39 Å². The molecule has 1 amide bonds. The number of amides is 1. The molecule has 1 saturated heterocycles. The van der Waals surface area contributed by atoms with Crippen molar-refractivity contribution >= 4 is 41.7 Å². The highest BCUT2D eigenvalue weighted by Crippen LogP contribution is 2.11. The Morgan fingerprint density at radius 3 is 2.83 bits per heavy atom.